The van der Waals surface area contributed by atoms with Gasteiger partial charge < -0.3 is 5.32 Å². The van der Waals surface area contributed by atoms with Crippen LogP contribution < -0.4 is 5.32 Å². The van der Waals surface area contributed by atoms with Crippen molar-refractivity contribution >= 4 is 0 Å². The zero-order valence-electron chi connectivity index (χ0n) is 11.8. The lowest BCUT2D eigenvalue weighted by molar-refractivity contribution is 0.571. The Bertz CT molecular complexity index is 570. The summed E-state index contributed by atoms with van der Waals surface area (Å²) in [6, 6.07) is 5.39. The smallest absolute Gasteiger partial charge is 0.128 e. The monoisotopic (exact) mass is 258 g/mol. The molecule has 1 N–H and O–H groups in total. The molecule has 2 rings (SSSR count). The van der Waals surface area contributed by atoms with E-state index in [0.717, 1.165) is 22.3 Å². The molecule has 0 bridgehead atoms. The molecule has 0 radical (unpaired) electrons. The summed E-state index contributed by atoms with van der Waals surface area (Å²) in [6.45, 7) is 5.85. The minimum absolute atomic E-state index is 0.149. The zero-order valence-corrected chi connectivity index (χ0v) is 11.8. The van der Waals surface area contributed by atoms with E-state index in [4.69, 9.17) is 0 Å². The normalized spacial score (nSPS) is 12.5. The average molecular weight is 258 g/mol. The molecule has 0 saturated heterocycles. The van der Waals surface area contributed by atoms with Crippen molar-refractivity contribution in [3.63, 3.8) is 0 Å². The molecule has 2 nitrogen and oxygen atoms in total. The molecule has 1 unspecified atom stereocenters. The molecule has 100 valence electrons. The van der Waals surface area contributed by atoms with Crippen LogP contribution in [0.1, 0.15) is 33.9 Å². The van der Waals surface area contributed by atoms with Crippen molar-refractivity contribution < 1.29 is 4.39 Å². The summed E-state index contributed by atoms with van der Waals surface area (Å²) in [5, 5.41) is 3.21. The van der Waals surface area contributed by atoms with E-state index in [1.54, 1.807) is 18.5 Å². The van der Waals surface area contributed by atoms with Gasteiger partial charge in [-0.05, 0) is 62.2 Å². The second kappa shape index (κ2) is 5.49. The Morgan fingerprint density at radius 3 is 2.47 bits per heavy atom. The van der Waals surface area contributed by atoms with Crippen molar-refractivity contribution in [2.45, 2.75) is 26.8 Å². The lowest BCUT2D eigenvalue weighted by Crippen LogP contribution is -2.21. The van der Waals surface area contributed by atoms with Gasteiger partial charge in [-0.25, -0.2) is 4.39 Å². The number of nitrogens with one attached hydrogen (secondary N) is 1. The molecule has 0 aliphatic rings. The summed E-state index contributed by atoms with van der Waals surface area (Å²) in [5.74, 6) is -0.159. The second-order valence-corrected chi connectivity index (χ2v) is 4.93. The molecular weight excluding hydrogens is 239 g/mol. The predicted octanol–water partition coefficient (Wildman–Crippen LogP) is 3.45. The quantitative estimate of drug-likeness (QED) is 0.912. The highest BCUT2D eigenvalue weighted by atomic mass is 19.1. The molecule has 0 aliphatic carbocycles. The van der Waals surface area contributed by atoms with Gasteiger partial charge in [0, 0.05) is 18.0 Å². The first-order valence-corrected chi connectivity index (χ1v) is 6.39. The van der Waals surface area contributed by atoms with Crippen LogP contribution in [0.2, 0.25) is 0 Å². The second-order valence-electron chi connectivity index (χ2n) is 4.93. The third-order valence-corrected chi connectivity index (χ3v) is 3.43. The molecule has 0 amide bonds. The summed E-state index contributed by atoms with van der Waals surface area (Å²) >= 11 is 0. The molecule has 1 atom stereocenters. The van der Waals surface area contributed by atoms with Gasteiger partial charge in [-0.1, -0.05) is 6.07 Å². The molecule has 1 aromatic carbocycles. The third kappa shape index (κ3) is 2.66. The Balaban J connectivity index is 2.58. The Morgan fingerprint density at radius 1 is 1.16 bits per heavy atom. The number of aromatic nitrogens is 1. The van der Waals surface area contributed by atoms with Crippen LogP contribution in [0.3, 0.4) is 0 Å². The summed E-state index contributed by atoms with van der Waals surface area (Å²) in [5.41, 5.74) is 4.74. The minimum Gasteiger partial charge on any atom is -0.309 e. The van der Waals surface area contributed by atoms with Crippen LogP contribution in [0, 0.1) is 26.6 Å². The first-order chi connectivity index (χ1) is 9.04. The first-order valence-electron chi connectivity index (χ1n) is 6.39. The SMILES string of the molecule is CNC(c1ccncc1C)c1c(C)cc(C)cc1F. The van der Waals surface area contributed by atoms with Crippen LogP contribution in [0.25, 0.3) is 0 Å². The highest BCUT2D eigenvalue weighted by Crippen LogP contribution is 2.29. The van der Waals surface area contributed by atoms with Crippen LogP contribution in [-0.4, -0.2) is 12.0 Å². The van der Waals surface area contributed by atoms with E-state index in [-0.39, 0.29) is 11.9 Å². The van der Waals surface area contributed by atoms with Crippen molar-refractivity contribution in [1.29, 1.82) is 0 Å². The maximum absolute atomic E-state index is 14.3. The Kier molecular flexibility index (Phi) is 3.96. The fourth-order valence-corrected chi connectivity index (χ4v) is 2.56. The fraction of sp³-hybridized carbons (Fsp3) is 0.312. The predicted molar refractivity (Wildman–Crippen MR) is 75.8 cm³/mol. The van der Waals surface area contributed by atoms with Crippen molar-refractivity contribution in [2.75, 3.05) is 7.05 Å². The number of aryl methyl sites for hydroxylation is 3. The zero-order chi connectivity index (χ0) is 14.0. The van der Waals surface area contributed by atoms with Gasteiger partial charge in [-0.2, -0.15) is 0 Å². The minimum atomic E-state index is -0.159. The van der Waals surface area contributed by atoms with Gasteiger partial charge in [0.2, 0.25) is 0 Å². The van der Waals surface area contributed by atoms with Gasteiger partial charge in [0.15, 0.2) is 0 Å². The fourth-order valence-electron chi connectivity index (χ4n) is 2.56. The number of benzene rings is 1. The van der Waals surface area contributed by atoms with Crippen LogP contribution in [0.15, 0.2) is 30.6 Å². The Morgan fingerprint density at radius 2 is 1.89 bits per heavy atom. The number of halogens is 1. The molecular formula is C16H19FN2. The standard InChI is InChI=1S/C16H19FN2/c1-10-7-11(2)15(14(17)8-10)16(18-4)13-5-6-19-9-12(13)3/h5-9,16,18H,1-4H3. The molecule has 0 spiro atoms. The highest BCUT2D eigenvalue weighted by Gasteiger charge is 2.20. The number of hydrogen-bond acceptors (Lipinski definition) is 2. The summed E-state index contributed by atoms with van der Waals surface area (Å²) in [6.07, 6.45) is 3.55. The largest absolute Gasteiger partial charge is 0.309 e. The van der Waals surface area contributed by atoms with Crippen LogP contribution in [-0.2, 0) is 0 Å². The van der Waals surface area contributed by atoms with Crippen LogP contribution in [0.5, 0.6) is 0 Å². The third-order valence-electron chi connectivity index (χ3n) is 3.43. The Hall–Kier alpha value is -1.74. The summed E-state index contributed by atoms with van der Waals surface area (Å²) in [7, 11) is 1.85. The maximum atomic E-state index is 14.3. The maximum Gasteiger partial charge on any atom is 0.128 e. The van der Waals surface area contributed by atoms with E-state index in [1.165, 1.54) is 0 Å². The number of hydrogen-bond donors (Lipinski definition) is 1. The number of pyridine rings is 1. The van der Waals surface area contributed by atoms with Gasteiger partial charge in [-0.15, -0.1) is 0 Å². The summed E-state index contributed by atoms with van der Waals surface area (Å²) in [4.78, 5) is 4.09. The lowest BCUT2D eigenvalue weighted by Gasteiger charge is -2.22. The van der Waals surface area contributed by atoms with Crippen LogP contribution >= 0.6 is 0 Å². The Labute approximate surface area is 113 Å². The van der Waals surface area contributed by atoms with Crippen molar-refractivity contribution in [1.82, 2.24) is 10.3 Å². The van der Waals surface area contributed by atoms with Gasteiger partial charge in [0.1, 0.15) is 5.82 Å². The van der Waals surface area contributed by atoms with Crippen molar-refractivity contribution in [3.8, 4) is 0 Å². The number of nitrogens with zero attached hydrogens (tertiary/aromatic N) is 1. The first kappa shape index (κ1) is 13.7. The number of rotatable bonds is 3. The molecule has 1 aromatic heterocycles. The van der Waals surface area contributed by atoms with E-state index >= 15 is 0 Å². The van der Waals surface area contributed by atoms with E-state index in [0.29, 0.717) is 5.56 Å². The molecule has 0 saturated carbocycles. The van der Waals surface area contributed by atoms with Gasteiger partial charge in [0.25, 0.3) is 0 Å². The van der Waals surface area contributed by atoms with E-state index in [1.807, 2.05) is 40.0 Å². The van der Waals surface area contributed by atoms with Gasteiger partial charge in [0.05, 0.1) is 6.04 Å². The highest BCUT2D eigenvalue weighted by molar-refractivity contribution is 5.41. The topological polar surface area (TPSA) is 24.9 Å². The van der Waals surface area contributed by atoms with Crippen molar-refractivity contribution in [3.05, 3.63) is 64.2 Å². The van der Waals surface area contributed by atoms with E-state index < -0.39 is 0 Å². The molecule has 3 heteroatoms. The van der Waals surface area contributed by atoms with E-state index in [9.17, 15) is 4.39 Å². The van der Waals surface area contributed by atoms with Crippen molar-refractivity contribution in [2.24, 2.45) is 0 Å². The molecule has 1 heterocycles. The summed E-state index contributed by atoms with van der Waals surface area (Å²) < 4.78 is 14.3. The molecule has 2 aromatic rings. The van der Waals surface area contributed by atoms with Gasteiger partial charge >= 0.3 is 0 Å². The lowest BCUT2D eigenvalue weighted by atomic mass is 9.92. The van der Waals surface area contributed by atoms with E-state index in [2.05, 4.69) is 10.3 Å². The molecule has 0 fully saturated rings. The molecule has 0 aliphatic heterocycles. The van der Waals surface area contributed by atoms with Crippen LogP contribution in [0.4, 0.5) is 4.39 Å². The van der Waals surface area contributed by atoms with Gasteiger partial charge in [-0.3, -0.25) is 4.98 Å². The average Bonchev–Trinajstić information content (AvgIpc) is 2.34. The molecule has 19 heavy (non-hydrogen) atoms.